The van der Waals surface area contributed by atoms with Gasteiger partial charge in [0.15, 0.2) is 0 Å². The fourth-order valence-corrected chi connectivity index (χ4v) is 3.09. The summed E-state index contributed by atoms with van der Waals surface area (Å²) in [4.78, 5) is 11.6. The minimum Gasteiger partial charge on any atom is -0.356 e. The number of anilines is 1. The molecule has 1 aromatic rings. The predicted octanol–water partition coefficient (Wildman–Crippen LogP) is 4.38. The molecule has 4 heteroatoms. The van der Waals surface area contributed by atoms with Gasteiger partial charge in [0.1, 0.15) is 16.2 Å². The van der Waals surface area contributed by atoms with Crippen LogP contribution >= 0.6 is 15.9 Å². The summed E-state index contributed by atoms with van der Waals surface area (Å²) in [6, 6.07) is 2.05. The molecule has 0 amide bonds. The highest BCUT2D eigenvalue weighted by atomic mass is 79.9. The normalized spacial score (nSPS) is 17.2. The summed E-state index contributed by atoms with van der Waals surface area (Å²) in [5, 5.41) is 0. The maximum absolute atomic E-state index is 4.71. The average Bonchev–Trinajstić information content (AvgIpc) is 2.39. The quantitative estimate of drug-likeness (QED) is 0.769. The molecule has 1 aromatic heterocycles. The lowest BCUT2D eigenvalue weighted by molar-refractivity contribution is 0.377. The second-order valence-electron chi connectivity index (χ2n) is 5.78. The molecule has 0 unspecified atom stereocenters. The molecule has 1 aliphatic heterocycles. The van der Waals surface area contributed by atoms with Crippen molar-refractivity contribution in [1.29, 1.82) is 0 Å². The molecule has 0 N–H and O–H groups in total. The zero-order chi connectivity index (χ0) is 13.8. The number of aromatic nitrogens is 2. The molecular weight excluding hydrogens is 302 g/mol. The summed E-state index contributed by atoms with van der Waals surface area (Å²) in [5.74, 6) is 3.30. The van der Waals surface area contributed by atoms with E-state index in [1.165, 1.54) is 25.7 Å². The van der Waals surface area contributed by atoms with Gasteiger partial charge in [-0.05, 0) is 34.7 Å². The van der Waals surface area contributed by atoms with Crippen molar-refractivity contribution in [3.8, 4) is 0 Å². The molecule has 1 fully saturated rings. The first-order valence-corrected chi connectivity index (χ1v) is 8.19. The zero-order valence-corrected chi connectivity index (χ0v) is 13.8. The van der Waals surface area contributed by atoms with E-state index in [0.717, 1.165) is 35.3 Å². The summed E-state index contributed by atoms with van der Waals surface area (Å²) in [7, 11) is 0. The maximum Gasteiger partial charge on any atom is 0.134 e. The van der Waals surface area contributed by atoms with Gasteiger partial charge >= 0.3 is 0 Å². The van der Waals surface area contributed by atoms with Gasteiger partial charge in [0.25, 0.3) is 0 Å². The van der Waals surface area contributed by atoms with Crippen LogP contribution in [0.25, 0.3) is 0 Å². The van der Waals surface area contributed by atoms with Crippen LogP contribution in [-0.4, -0.2) is 23.1 Å². The van der Waals surface area contributed by atoms with Crippen LogP contribution in [0, 0.1) is 5.92 Å². The highest BCUT2D eigenvalue weighted by Crippen LogP contribution is 2.27. The number of rotatable bonds is 4. The Bertz CT molecular complexity index is 412. The van der Waals surface area contributed by atoms with E-state index in [1.54, 1.807) is 0 Å². The third-order valence-electron chi connectivity index (χ3n) is 3.85. The van der Waals surface area contributed by atoms with Crippen LogP contribution < -0.4 is 4.90 Å². The number of hydrogen-bond donors (Lipinski definition) is 0. The van der Waals surface area contributed by atoms with Crippen molar-refractivity contribution in [3.05, 3.63) is 16.5 Å². The number of piperidine rings is 1. The first-order chi connectivity index (χ1) is 9.10. The van der Waals surface area contributed by atoms with Crippen molar-refractivity contribution in [2.75, 3.05) is 18.0 Å². The highest BCUT2D eigenvalue weighted by Gasteiger charge is 2.20. The average molecular weight is 326 g/mol. The van der Waals surface area contributed by atoms with Crippen molar-refractivity contribution in [2.24, 2.45) is 5.92 Å². The third kappa shape index (κ3) is 3.91. The van der Waals surface area contributed by atoms with E-state index in [1.807, 2.05) is 6.07 Å². The second-order valence-corrected chi connectivity index (χ2v) is 6.59. The first kappa shape index (κ1) is 14.8. The van der Waals surface area contributed by atoms with Crippen LogP contribution in [-0.2, 0) is 0 Å². The summed E-state index contributed by atoms with van der Waals surface area (Å²) in [5.41, 5.74) is 0. The Balaban J connectivity index is 2.06. The Morgan fingerprint density at radius 2 is 2.00 bits per heavy atom. The Labute approximate surface area is 125 Å². The first-order valence-electron chi connectivity index (χ1n) is 7.39. The van der Waals surface area contributed by atoms with E-state index in [4.69, 9.17) is 4.98 Å². The molecule has 106 valence electrons. The standard InChI is InChI=1S/C15H24BrN3/c1-4-5-12-6-8-19(9-7-12)14-10-13(16)17-15(18-14)11(2)3/h10-12H,4-9H2,1-3H3. The van der Waals surface area contributed by atoms with Gasteiger partial charge < -0.3 is 4.90 Å². The molecule has 0 radical (unpaired) electrons. The molecule has 2 heterocycles. The van der Waals surface area contributed by atoms with Gasteiger partial charge in [0.05, 0.1) is 0 Å². The topological polar surface area (TPSA) is 29.0 Å². The van der Waals surface area contributed by atoms with Crippen molar-refractivity contribution >= 4 is 21.7 Å². The molecule has 1 aliphatic rings. The molecule has 0 spiro atoms. The largest absolute Gasteiger partial charge is 0.356 e. The van der Waals surface area contributed by atoms with E-state index in [2.05, 4.69) is 46.6 Å². The van der Waals surface area contributed by atoms with Gasteiger partial charge in [-0.3, -0.25) is 0 Å². The molecule has 0 aliphatic carbocycles. The lowest BCUT2D eigenvalue weighted by atomic mass is 9.92. The van der Waals surface area contributed by atoms with Crippen molar-refractivity contribution in [1.82, 2.24) is 9.97 Å². The lowest BCUT2D eigenvalue weighted by Gasteiger charge is -2.33. The Hall–Kier alpha value is -0.640. The minimum absolute atomic E-state index is 0.369. The Kier molecular flexibility index (Phi) is 5.20. The van der Waals surface area contributed by atoms with Gasteiger partial charge in [-0.1, -0.05) is 33.6 Å². The highest BCUT2D eigenvalue weighted by molar-refractivity contribution is 9.10. The van der Waals surface area contributed by atoms with Crippen LogP contribution in [0.4, 0.5) is 5.82 Å². The van der Waals surface area contributed by atoms with Crippen LogP contribution in [0.1, 0.15) is 58.2 Å². The summed E-state index contributed by atoms with van der Waals surface area (Å²) in [6.45, 7) is 8.82. The zero-order valence-electron chi connectivity index (χ0n) is 12.2. The van der Waals surface area contributed by atoms with Gasteiger partial charge in [0.2, 0.25) is 0 Å². The molecule has 0 atom stereocenters. The van der Waals surface area contributed by atoms with E-state index >= 15 is 0 Å². The van der Waals surface area contributed by atoms with E-state index < -0.39 is 0 Å². The summed E-state index contributed by atoms with van der Waals surface area (Å²) >= 11 is 3.51. The number of hydrogen-bond acceptors (Lipinski definition) is 3. The van der Waals surface area contributed by atoms with Gasteiger partial charge in [-0.2, -0.15) is 0 Å². The lowest BCUT2D eigenvalue weighted by Crippen LogP contribution is -2.34. The fraction of sp³-hybridized carbons (Fsp3) is 0.733. The van der Waals surface area contributed by atoms with Gasteiger partial charge in [0, 0.05) is 25.1 Å². The Morgan fingerprint density at radius 3 is 2.58 bits per heavy atom. The molecular formula is C15H24BrN3. The van der Waals surface area contributed by atoms with Crippen molar-refractivity contribution < 1.29 is 0 Å². The SMILES string of the molecule is CCCC1CCN(c2cc(Br)nc(C(C)C)n2)CC1. The monoisotopic (exact) mass is 325 g/mol. The third-order valence-corrected chi connectivity index (χ3v) is 4.26. The van der Waals surface area contributed by atoms with E-state index in [9.17, 15) is 0 Å². The number of halogens is 1. The molecule has 19 heavy (non-hydrogen) atoms. The van der Waals surface area contributed by atoms with Crippen molar-refractivity contribution in [2.45, 2.75) is 52.4 Å². The van der Waals surface area contributed by atoms with E-state index in [0.29, 0.717) is 5.92 Å². The number of nitrogens with zero attached hydrogens (tertiary/aromatic N) is 3. The van der Waals surface area contributed by atoms with Crippen molar-refractivity contribution in [3.63, 3.8) is 0 Å². The van der Waals surface area contributed by atoms with E-state index in [-0.39, 0.29) is 0 Å². The molecule has 0 aromatic carbocycles. The van der Waals surface area contributed by atoms with Gasteiger partial charge in [-0.25, -0.2) is 9.97 Å². The van der Waals surface area contributed by atoms with Crippen LogP contribution in [0.5, 0.6) is 0 Å². The maximum atomic E-state index is 4.71. The summed E-state index contributed by atoms with van der Waals surface area (Å²) < 4.78 is 0.900. The van der Waals surface area contributed by atoms with Crippen LogP contribution in [0.2, 0.25) is 0 Å². The molecule has 0 bridgehead atoms. The molecule has 1 saturated heterocycles. The van der Waals surface area contributed by atoms with Crippen LogP contribution in [0.15, 0.2) is 10.7 Å². The second kappa shape index (κ2) is 6.69. The van der Waals surface area contributed by atoms with Gasteiger partial charge in [-0.15, -0.1) is 0 Å². The molecule has 0 saturated carbocycles. The smallest absolute Gasteiger partial charge is 0.134 e. The van der Waals surface area contributed by atoms with Crippen LogP contribution in [0.3, 0.4) is 0 Å². The minimum atomic E-state index is 0.369. The fourth-order valence-electron chi connectivity index (χ4n) is 2.70. The Morgan fingerprint density at radius 1 is 1.32 bits per heavy atom. The summed E-state index contributed by atoms with van der Waals surface area (Å²) in [6.07, 6.45) is 5.28. The predicted molar refractivity (Wildman–Crippen MR) is 83.7 cm³/mol. The molecule has 3 nitrogen and oxygen atoms in total. The molecule has 2 rings (SSSR count).